The number of hydrogen-bond acceptors (Lipinski definition) is 2. The van der Waals surface area contributed by atoms with Crippen molar-refractivity contribution in [2.24, 2.45) is 0 Å². The topological polar surface area (TPSA) is 58.6 Å². The van der Waals surface area contributed by atoms with Crippen LogP contribution in [0.1, 0.15) is 12.8 Å². The second-order valence-corrected chi connectivity index (χ2v) is 3.09. The minimum Gasteiger partial charge on any atom is -0.465 e. The van der Waals surface area contributed by atoms with Gasteiger partial charge in [0.25, 0.3) is 0 Å². The number of amides is 1. The van der Waals surface area contributed by atoms with Crippen molar-refractivity contribution in [3.8, 4) is 0 Å². The Balaban J connectivity index is 2.35. The number of ether oxygens (including phenoxy) is 1. The average molecular weight is 213 g/mol. The van der Waals surface area contributed by atoms with Crippen LogP contribution in [0.2, 0.25) is 0 Å². The first kappa shape index (κ1) is 11.1. The van der Waals surface area contributed by atoms with Gasteiger partial charge in [0.15, 0.2) is 6.10 Å². The normalized spacial score (nSPS) is 28.5. The summed E-state index contributed by atoms with van der Waals surface area (Å²) in [7, 11) is 0. The summed E-state index contributed by atoms with van der Waals surface area (Å²) >= 11 is 0. The number of hydrogen-bond donors (Lipinski definition) is 2. The van der Waals surface area contributed by atoms with Crippen LogP contribution in [0.15, 0.2) is 0 Å². The maximum Gasteiger partial charge on any atom is 0.414 e. The van der Waals surface area contributed by atoms with Crippen molar-refractivity contribution in [3.63, 3.8) is 0 Å². The quantitative estimate of drug-likeness (QED) is 0.691. The molecule has 1 heterocycles. The second kappa shape index (κ2) is 4.04. The fourth-order valence-electron chi connectivity index (χ4n) is 1.30. The molecule has 7 heteroatoms. The Hall–Kier alpha value is -0.980. The van der Waals surface area contributed by atoms with E-state index in [9.17, 15) is 18.0 Å². The summed E-state index contributed by atoms with van der Waals surface area (Å²) in [4.78, 5) is 10.2. The Labute approximate surface area is 78.0 Å². The van der Waals surface area contributed by atoms with Crippen molar-refractivity contribution in [2.45, 2.75) is 31.2 Å². The number of carbonyl (C=O) groups is 1. The maximum absolute atomic E-state index is 12.1. The lowest BCUT2D eigenvalue weighted by atomic mass is 10.1. The molecule has 0 aromatic heterocycles. The Morgan fingerprint density at radius 2 is 2.07 bits per heavy atom. The third-order valence-corrected chi connectivity index (χ3v) is 1.97. The van der Waals surface area contributed by atoms with Gasteiger partial charge < -0.3 is 15.2 Å². The van der Waals surface area contributed by atoms with Gasteiger partial charge in [0, 0.05) is 0 Å². The minimum absolute atomic E-state index is 0.149. The molecule has 0 aromatic carbocycles. The van der Waals surface area contributed by atoms with Crippen molar-refractivity contribution in [1.29, 1.82) is 0 Å². The van der Waals surface area contributed by atoms with Gasteiger partial charge in [-0.3, -0.25) is 0 Å². The first-order valence-electron chi connectivity index (χ1n) is 4.07. The van der Waals surface area contributed by atoms with E-state index in [1.807, 2.05) is 0 Å². The Morgan fingerprint density at radius 3 is 2.43 bits per heavy atom. The minimum atomic E-state index is -4.35. The highest BCUT2D eigenvalue weighted by Gasteiger charge is 2.43. The molecule has 2 unspecified atom stereocenters. The van der Waals surface area contributed by atoms with Crippen molar-refractivity contribution in [3.05, 3.63) is 0 Å². The van der Waals surface area contributed by atoms with Gasteiger partial charge in [-0.2, -0.15) is 13.2 Å². The Kier molecular flexibility index (Phi) is 3.20. The van der Waals surface area contributed by atoms with Crippen LogP contribution in [0.4, 0.5) is 18.0 Å². The summed E-state index contributed by atoms with van der Waals surface area (Å²) in [6.45, 7) is -0.226. The van der Waals surface area contributed by atoms with Gasteiger partial charge in [-0.1, -0.05) is 0 Å². The van der Waals surface area contributed by atoms with E-state index in [4.69, 9.17) is 5.11 Å². The average Bonchev–Trinajstić information content (AvgIpc) is 2.02. The fourth-order valence-corrected chi connectivity index (χ4v) is 1.30. The molecule has 82 valence electrons. The molecule has 0 bridgehead atoms. The van der Waals surface area contributed by atoms with Gasteiger partial charge in [-0.25, -0.2) is 4.79 Å². The molecule has 0 radical (unpaired) electrons. The van der Waals surface area contributed by atoms with Gasteiger partial charge in [-0.05, 0) is 12.8 Å². The lowest BCUT2D eigenvalue weighted by molar-refractivity contribution is -0.232. The van der Waals surface area contributed by atoms with E-state index in [0.717, 1.165) is 0 Å². The predicted octanol–water partition coefficient (Wildman–Crippen LogP) is 1.36. The number of rotatable bonds is 1. The van der Waals surface area contributed by atoms with Crippen LogP contribution < -0.4 is 5.32 Å². The van der Waals surface area contributed by atoms with Crippen LogP contribution in [0.5, 0.6) is 0 Å². The van der Waals surface area contributed by atoms with E-state index in [2.05, 4.69) is 10.1 Å². The summed E-state index contributed by atoms with van der Waals surface area (Å²) in [5.74, 6) is 0. The zero-order valence-corrected chi connectivity index (χ0v) is 7.17. The van der Waals surface area contributed by atoms with Crippen LogP contribution in [0.25, 0.3) is 0 Å². The number of alkyl halides is 3. The molecule has 4 nitrogen and oxygen atoms in total. The van der Waals surface area contributed by atoms with Gasteiger partial charge in [-0.15, -0.1) is 0 Å². The summed E-state index contributed by atoms with van der Waals surface area (Å²) in [5, 5.41) is 10.4. The van der Waals surface area contributed by atoms with E-state index in [-0.39, 0.29) is 19.4 Å². The van der Waals surface area contributed by atoms with E-state index < -0.39 is 24.4 Å². The molecular weight excluding hydrogens is 203 g/mol. The monoisotopic (exact) mass is 213 g/mol. The SMILES string of the molecule is O=C(O)NC1CCC(C(F)(F)F)OC1. The molecule has 0 saturated carbocycles. The molecule has 0 aliphatic carbocycles. The highest BCUT2D eigenvalue weighted by Crippen LogP contribution is 2.29. The van der Waals surface area contributed by atoms with Crippen molar-refractivity contribution < 1.29 is 27.8 Å². The lowest BCUT2D eigenvalue weighted by Crippen LogP contribution is -2.46. The molecule has 1 fully saturated rings. The molecule has 2 atom stereocenters. The van der Waals surface area contributed by atoms with Crippen molar-refractivity contribution in [1.82, 2.24) is 5.32 Å². The standard InChI is InChI=1S/C7H10F3NO3/c8-7(9,10)5-2-1-4(3-14-5)11-6(12)13/h4-5,11H,1-3H2,(H,12,13). The third kappa shape index (κ3) is 3.06. The highest BCUT2D eigenvalue weighted by atomic mass is 19.4. The Bertz CT molecular complexity index is 211. The molecule has 2 N–H and O–H groups in total. The molecule has 1 amide bonds. The zero-order chi connectivity index (χ0) is 10.8. The smallest absolute Gasteiger partial charge is 0.414 e. The Morgan fingerprint density at radius 1 is 1.43 bits per heavy atom. The second-order valence-electron chi connectivity index (χ2n) is 3.09. The number of halogens is 3. The summed E-state index contributed by atoms with van der Waals surface area (Å²) < 4.78 is 40.7. The van der Waals surface area contributed by atoms with Crippen LogP contribution in [0.3, 0.4) is 0 Å². The van der Waals surface area contributed by atoms with Crippen LogP contribution >= 0.6 is 0 Å². The lowest BCUT2D eigenvalue weighted by Gasteiger charge is -2.29. The van der Waals surface area contributed by atoms with Crippen LogP contribution in [-0.4, -0.2) is 36.1 Å². The van der Waals surface area contributed by atoms with Gasteiger partial charge in [0.2, 0.25) is 0 Å². The first-order valence-corrected chi connectivity index (χ1v) is 4.07. The van der Waals surface area contributed by atoms with E-state index in [1.54, 1.807) is 0 Å². The first-order chi connectivity index (χ1) is 6.39. The number of nitrogens with one attached hydrogen (secondary N) is 1. The molecule has 1 aliphatic rings. The van der Waals surface area contributed by atoms with Gasteiger partial charge in [0.1, 0.15) is 0 Å². The fraction of sp³-hybridized carbons (Fsp3) is 0.857. The molecule has 0 aromatic rings. The van der Waals surface area contributed by atoms with E-state index in [0.29, 0.717) is 0 Å². The molecular formula is C7H10F3NO3. The van der Waals surface area contributed by atoms with Gasteiger partial charge >= 0.3 is 12.3 Å². The number of carboxylic acid groups (broad SMARTS) is 1. The van der Waals surface area contributed by atoms with E-state index in [1.165, 1.54) is 0 Å². The zero-order valence-electron chi connectivity index (χ0n) is 7.17. The maximum atomic E-state index is 12.1. The summed E-state index contributed by atoms with van der Waals surface area (Å²) in [5.41, 5.74) is 0. The van der Waals surface area contributed by atoms with E-state index >= 15 is 0 Å². The molecule has 1 aliphatic heterocycles. The summed E-state index contributed by atoms with van der Waals surface area (Å²) in [6.07, 6.45) is -7.41. The predicted molar refractivity (Wildman–Crippen MR) is 40.0 cm³/mol. The van der Waals surface area contributed by atoms with Crippen LogP contribution in [0, 0.1) is 0 Å². The molecule has 14 heavy (non-hydrogen) atoms. The molecule has 1 rings (SSSR count). The third-order valence-electron chi connectivity index (χ3n) is 1.97. The van der Waals surface area contributed by atoms with Crippen LogP contribution in [-0.2, 0) is 4.74 Å². The molecule has 0 spiro atoms. The summed E-state index contributed by atoms with van der Waals surface area (Å²) in [6, 6.07) is -0.536. The van der Waals surface area contributed by atoms with Gasteiger partial charge in [0.05, 0.1) is 12.6 Å². The highest BCUT2D eigenvalue weighted by molar-refractivity contribution is 5.64. The van der Waals surface area contributed by atoms with Crippen molar-refractivity contribution >= 4 is 6.09 Å². The largest absolute Gasteiger partial charge is 0.465 e. The molecule has 1 saturated heterocycles. The van der Waals surface area contributed by atoms with Crippen molar-refractivity contribution in [2.75, 3.05) is 6.61 Å².